The maximum atomic E-state index is 12.1. The number of nitrogens with zero attached hydrogens (tertiary/aromatic N) is 1. The van der Waals surface area contributed by atoms with Gasteiger partial charge in [0.1, 0.15) is 0 Å². The van der Waals surface area contributed by atoms with Crippen LogP contribution in [-0.4, -0.2) is 52.4 Å². The minimum atomic E-state index is -1.44. The Morgan fingerprint density at radius 3 is 2.67 bits per heavy atom. The fourth-order valence-corrected chi connectivity index (χ4v) is 4.29. The maximum absolute atomic E-state index is 12.1. The molecule has 0 unspecified atom stereocenters. The molecular weight excluding hydrogens is 334 g/mol. The van der Waals surface area contributed by atoms with Crippen molar-refractivity contribution in [2.75, 3.05) is 12.4 Å². The van der Waals surface area contributed by atoms with Crippen molar-refractivity contribution in [3.05, 3.63) is 10.6 Å². The number of esters is 1. The molecule has 24 heavy (non-hydrogen) atoms. The first kappa shape index (κ1) is 18.8. The third kappa shape index (κ3) is 3.30. The molecule has 0 aromatic carbocycles. The van der Waals surface area contributed by atoms with Crippen LogP contribution in [0.2, 0.25) is 0 Å². The minimum Gasteiger partial charge on any atom is -0.543 e. The Morgan fingerprint density at radius 1 is 1.46 bits per heavy atom. The fourth-order valence-electron chi connectivity index (χ4n) is 3.21. The van der Waals surface area contributed by atoms with E-state index < -0.39 is 35.9 Å². The van der Waals surface area contributed by atoms with Crippen LogP contribution in [0.1, 0.15) is 33.6 Å². The number of β-lactam (4-membered cyclic amide) rings is 1. The summed E-state index contributed by atoms with van der Waals surface area (Å²) in [6.07, 6.45) is 0.838. The Labute approximate surface area is 145 Å². The molecule has 1 fully saturated rings. The molecule has 1 saturated heterocycles. The van der Waals surface area contributed by atoms with E-state index in [4.69, 9.17) is 4.74 Å². The summed E-state index contributed by atoms with van der Waals surface area (Å²) in [5.74, 6) is -3.19. The standard InChI is InChI=1S/C16H23NO6S/c1-4-5-6-23-10(19)7-24-14-8(2)12-11(9(3)18)15(20)17(12)13(14)16(21)22/h8-9,11-12,18H,4-7H2,1-3H3,(H,21,22)/p-1/t8-,9-,11-,12-/m1/s1. The SMILES string of the molecule is CCCCOC(=O)CSC1=C(C(=O)[O-])N2C(=O)[C@H]([C@@H](C)O)[C@H]2[C@H]1C. The number of carbonyl (C=O) groups is 3. The quantitative estimate of drug-likeness (QED) is 0.367. The van der Waals surface area contributed by atoms with Crippen molar-refractivity contribution in [1.82, 2.24) is 4.90 Å². The highest BCUT2D eigenvalue weighted by Crippen LogP contribution is 2.50. The van der Waals surface area contributed by atoms with Crippen LogP contribution in [0.3, 0.4) is 0 Å². The predicted molar refractivity (Wildman–Crippen MR) is 85.3 cm³/mol. The highest BCUT2D eigenvalue weighted by molar-refractivity contribution is 8.03. The minimum absolute atomic E-state index is 0.0196. The van der Waals surface area contributed by atoms with E-state index in [1.807, 2.05) is 6.92 Å². The van der Waals surface area contributed by atoms with Crippen molar-refractivity contribution < 1.29 is 29.3 Å². The van der Waals surface area contributed by atoms with Gasteiger partial charge in [0, 0.05) is 10.8 Å². The Balaban J connectivity index is 2.09. The number of amides is 1. The van der Waals surface area contributed by atoms with E-state index in [-0.39, 0.29) is 17.4 Å². The first-order valence-corrected chi connectivity index (χ1v) is 9.04. The van der Waals surface area contributed by atoms with Gasteiger partial charge in [0.2, 0.25) is 5.91 Å². The number of hydrogen-bond acceptors (Lipinski definition) is 7. The first-order chi connectivity index (χ1) is 11.3. The Hall–Kier alpha value is -1.54. The van der Waals surface area contributed by atoms with Gasteiger partial charge in [-0.3, -0.25) is 9.59 Å². The number of rotatable bonds is 8. The summed E-state index contributed by atoms with van der Waals surface area (Å²) in [4.78, 5) is 37.0. The number of carbonyl (C=O) groups excluding carboxylic acids is 3. The van der Waals surface area contributed by atoms with Crippen LogP contribution in [0.15, 0.2) is 10.6 Å². The van der Waals surface area contributed by atoms with Crippen molar-refractivity contribution in [2.45, 2.75) is 45.8 Å². The summed E-state index contributed by atoms with van der Waals surface area (Å²) in [7, 11) is 0. The molecule has 2 aliphatic rings. The van der Waals surface area contributed by atoms with E-state index in [0.29, 0.717) is 11.5 Å². The molecule has 0 bridgehead atoms. The molecule has 1 amide bonds. The number of carboxylic acid groups (broad SMARTS) is 1. The van der Waals surface area contributed by atoms with E-state index in [0.717, 1.165) is 24.6 Å². The van der Waals surface area contributed by atoms with Gasteiger partial charge in [0.05, 0.1) is 42.1 Å². The van der Waals surface area contributed by atoms with E-state index in [9.17, 15) is 24.6 Å². The van der Waals surface area contributed by atoms with Crippen LogP contribution in [0.25, 0.3) is 0 Å². The van der Waals surface area contributed by atoms with Crippen molar-refractivity contribution in [1.29, 1.82) is 0 Å². The van der Waals surface area contributed by atoms with E-state index in [2.05, 4.69) is 0 Å². The average molecular weight is 356 g/mol. The first-order valence-electron chi connectivity index (χ1n) is 8.06. The summed E-state index contributed by atoms with van der Waals surface area (Å²) in [6, 6.07) is -0.399. The van der Waals surface area contributed by atoms with Gasteiger partial charge in [-0.2, -0.15) is 0 Å². The highest BCUT2D eigenvalue weighted by atomic mass is 32.2. The van der Waals surface area contributed by atoms with Crippen molar-refractivity contribution in [3.8, 4) is 0 Å². The number of thioether (sulfide) groups is 1. The molecule has 7 nitrogen and oxygen atoms in total. The number of hydrogen-bond donors (Lipinski definition) is 1. The lowest BCUT2D eigenvalue weighted by Crippen LogP contribution is -2.64. The molecule has 0 radical (unpaired) electrons. The monoisotopic (exact) mass is 356 g/mol. The van der Waals surface area contributed by atoms with Crippen molar-refractivity contribution in [3.63, 3.8) is 0 Å². The van der Waals surface area contributed by atoms with Gasteiger partial charge in [-0.15, -0.1) is 11.8 Å². The maximum Gasteiger partial charge on any atom is 0.316 e. The Bertz CT molecular complexity index is 573. The second-order valence-corrected chi connectivity index (χ2v) is 7.13. The van der Waals surface area contributed by atoms with Gasteiger partial charge in [0.15, 0.2) is 0 Å². The lowest BCUT2D eigenvalue weighted by molar-refractivity contribution is -0.301. The number of fused-ring (bicyclic) bond motifs is 1. The van der Waals surface area contributed by atoms with Crippen molar-refractivity contribution >= 4 is 29.6 Å². The summed E-state index contributed by atoms with van der Waals surface area (Å²) in [5.41, 5.74) is -0.180. The third-order valence-electron chi connectivity index (χ3n) is 4.41. The lowest BCUT2D eigenvalue weighted by atomic mass is 9.79. The molecule has 2 rings (SSSR count). The fraction of sp³-hybridized carbons (Fsp3) is 0.688. The second-order valence-electron chi connectivity index (χ2n) is 6.12. The zero-order valence-electron chi connectivity index (χ0n) is 14.0. The molecule has 0 aromatic heterocycles. The number of aliphatic hydroxyl groups is 1. The normalized spacial score (nSPS) is 26.9. The molecule has 1 N–H and O–H groups in total. The summed E-state index contributed by atoms with van der Waals surface area (Å²) in [6.45, 7) is 5.64. The predicted octanol–water partition coefficient (Wildman–Crippen LogP) is -0.118. The van der Waals surface area contributed by atoms with Gasteiger partial charge in [-0.25, -0.2) is 0 Å². The molecule has 2 aliphatic heterocycles. The molecule has 134 valence electrons. The largest absolute Gasteiger partial charge is 0.543 e. The molecular formula is C16H22NO6S-. The molecule has 0 saturated carbocycles. The summed E-state index contributed by atoms with van der Waals surface area (Å²) >= 11 is 1.07. The highest BCUT2D eigenvalue weighted by Gasteiger charge is 2.58. The van der Waals surface area contributed by atoms with Gasteiger partial charge in [0.25, 0.3) is 0 Å². The molecule has 0 aromatic rings. The zero-order chi connectivity index (χ0) is 18.0. The average Bonchev–Trinajstić information content (AvgIpc) is 2.74. The lowest BCUT2D eigenvalue weighted by Gasteiger charge is -2.47. The molecule has 2 heterocycles. The molecule has 0 aliphatic carbocycles. The third-order valence-corrected chi connectivity index (χ3v) is 5.66. The number of ether oxygens (including phenoxy) is 1. The summed E-state index contributed by atoms with van der Waals surface area (Å²) < 4.78 is 5.06. The Morgan fingerprint density at radius 2 is 2.12 bits per heavy atom. The van der Waals surface area contributed by atoms with Gasteiger partial charge in [-0.1, -0.05) is 20.3 Å². The Kier molecular flexibility index (Phi) is 5.92. The van der Waals surface area contributed by atoms with Gasteiger partial charge >= 0.3 is 5.97 Å². The van der Waals surface area contributed by atoms with Crippen molar-refractivity contribution in [2.24, 2.45) is 11.8 Å². The van der Waals surface area contributed by atoms with E-state index in [1.165, 1.54) is 11.8 Å². The van der Waals surface area contributed by atoms with Crippen LogP contribution < -0.4 is 5.11 Å². The smallest absolute Gasteiger partial charge is 0.316 e. The van der Waals surface area contributed by atoms with Crippen LogP contribution in [-0.2, 0) is 19.1 Å². The molecule has 4 atom stereocenters. The van der Waals surface area contributed by atoms with Crippen LogP contribution in [0, 0.1) is 11.8 Å². The number of aliphatic hydroxyl groups excluding tert-OH is 1. The topological polar surface area (TPSA) is 107 Å². The zero-order valence-corrected chi connectivity index (χ0v) is 14.8. The van der Waals surface area contributed by atoms with Crippen LogP contribution in [0.5, 0.6) is 0 Å². The molecule has 0 spiro atoms. The van der Waals surface area contributed by atoms with E-state index in [1.54, 1.807) is 6.92 Å². The second kappa shape index (κ2) is 7.57. The van der Waals surface area contributed by atoms with Gasteiger partial charge in [-0.05, 0) is 13.3 Å². The number of aliphatic carboxylic acids is 1. The molecule has 8 heteroatoms. The van der Waals surface area contributed by atoms with Crippen LogP contribution in [0.4, 0.5) is 0 Å². The van der Waals surface area contributed by atoms with Gasteiger partial charge < -0.3 is 24.6 Å². The van der Waals surface area contributed by atoms with Crippen LogP contribution >= 0.6 is 11.8 Å². The number of carboxylic acids is 1. The van der Waals surface area contributed by atoms with E-state index >= 15 is 0 Å². The number of unbranched alkanes of at least 4 members (excludes halogenated alkanes) is 1. The summed E-state index contributed by atoms with van der Waals surface area (Å²) in [5, 5.41) is 21.2.